The summed E-state index contributed by atoms with van der Waals surface area (Å²) in [6.45, 7) is 1.46. The summed E-state index contributed by atoms with van der Waals surface area (Å²) >= 11 is 0. The van der Waals surface area contributed by atoms with Crippen molar-refractivity contribution in [3.63, 3.8) is 0 Å². The zero-order valence-corrected chi connectivity index (χ0v) is 10.3. The van der Waals surface area contributed by atoms with Gasteiger partial charge in [0.15, 0.2) is 0 Å². The Morgan fingerprint density at radius 2 is 1.89 bits per heavy atom. The highest BCUT2D eigenvalue weighted by molar-refractivity contribution is 5.88. The molecule has 0 saturated heterocycles. The number of pyridine rings is 1. The Labute approximate surface area is 110 Å². The van der Waals surface area contributed by atoms with Gasteiger partial charge in [0.25, 0.3) is 0 Å². The molecule has 1 aromatic carbocycles. The predicted molar refractivity (Wildman–Crippen MR) is 73.0 cm³/mol. The lowest BCUT2D eigenvalue weighted by Crippen LogP contribution is -2.05. The van der Waals surface area contributed by atoms with Crippen molar-refractivity contribution in [3.8, 4) is 6.07 Å². The lowest BCUT2D eigenvalue weighted by Gasteiger charge is -2.07. The Morgan fingerprint density at radius 3 is 2.53 bits per heavy atom. The van der Waals surface area contributed by atoms with Gasteiger partial charge in [-0.1, -0.05) is 0 Å². The van der Waals surface area contributed by atoms with Crippen LogP contribution in [0.1, 0.15) is 12.5 Å². The van der Waals surface area contributed by atoms with E-state index in [0.29, 0.717) is 11.4 Å². The predicted octanol–water partition coefficient (Wildman–Crippen LogP) is 2.66. The van der Waals surface area contributed by atoms with Crippen molar-refractivity contribution in [2.45, 2.75) is 6.92 Å². The van der Waals surface area contributed by atoms with Crippen LogP contribution in [0.25, 0.3) is 0 Å². The molecule has 0 aliphatic carbocycles. The molecule has 0 unspecified atom stereocenters. The molecule has 0 spiro atoms. The number of nitriles is 1. The first-order valence-corrected chi connectivity index (χ1v) is 5.68. The van der Waals surface area contributed by atoms with E-state index in [-0.39, 0.29) is 5.91 Å². The van der Waals surface area contributed by atoms with E-state index in [1.54, 1.807) is 30.5 Å². The fourth-order valence-electron chi connectivity index (χ4n) is 1.56. The van der Waals surface area contributed by atoms with E-state index in [1.807, 2.05) is 12.1 Å². The van der Waals surface area contributed by atoms with Crippen LogP contribution in [-0.2, 0) is 4.79 Å². The number of hydrogen-bond acceptors (Lipinski definition) is 4. The molecule has 0 fully saturated rings. The van der Waals surface area contributed by atoms with E-state index >= 15 is 0 Å². The second-order valence-electron chi connectivity index (χ2n) is 3.93. The molecule has 2 N–H and O–H groups in total. The second-order valence-corrected chi connectivity index (χ2v) is 3.93. The number of aromatic nitrogens is 1. The van der Waals surface area contributed by atoms with Gasteiger partial charge in [-0.2, -0.15) is 5.26 Å². The summed E-state index contributed by atoms with van der Waals surface area (Å²) in [5.74, 6) is 0.496. The normalized spacial score (nSPS) is 9.47. The fourth-order valence-corrected chi connectivity index (χ4v) is 1.56. The third kappa shape index (κ3) is 3.54. The third-order valence-corrected chi connectivity index (χ3v) is 2.37. The molecular formula is C14H12N4O. The molecule has 94 valence electrons. The van der Waals surface area contributed by atoms with Gasteiger partial charge in [-0.05, 0) is 36.4 Å². The smallest absolute Gasteiger partial charge is 0.221 e. The molecule has 1 heterocycles. The van der Waals surface area contributed by atoms with E-state index in [0.717, 1.165) is 11.4 Å². The first-order chi connectivity index (χ1) is 9.17. The number of anilines is 3. The Bertz CT molecular complexity index is 629. The Morgan fingerprint density at radius 1 is 1.21 bits per heavy atom. The summed E-state index contributed by atoms with van der Waals surface area (Å²) in [5.41, 5.74) is 2.11. The molecule has 0 radical (unpaired) electrons. The van der Waals surface area contributed by atoms with Gasteiger partial charge in [-0.25, -0.2) is 4.98 Å². The number of hydrogen-bond donors (Lipinski definition) is 2. The summed E-state index contributed by atoms with van der Waals surface area (Å²) in [6, 6.07) is 12.6. The summed E-state index contributed by atoms with van der Waals surface area (Å²) in [5, 5.41) is 14.6. The van der Waals surface area contributed by atoms with Crippen LogP contribution in [0.15, 0.2) is 42.6 Å². The molecule has 0 aliphatic heterocycles. The van der Waals surface area contributed by atoms with E-state index in [1.165, 1.54) is 6.92 Å². The molecule has 5 nitrogen and oxygen atoms in total. The van der Waals surface area contributed by atoms with E-state index in [4.69, 9.17) is 5.26 Å². The SMILES string of the molecule is CC(=O)Nc1ccc(Nc2cc(C#N)ccn2)cc1. The van der Waals surface area contributed by atoms with Crippen molar-refractivity contribution in [1.82, 2.24) is 4.98 Å². The second kappa shape index (κ2) is 5.65. The number of carbonyl (C=O) groups excluding carboxylic acids is 1. The number of rotatable bonds is 3. The van der Waals surface area contributed by atoms with Crippen molar-refractivity contribution in [1.29, 1.82) is 5.26 Å². The van der Waals surface area contributed by atoms with Crippen LogP contribution in [0.5, 0.6) is 0 Å². The molecule has 1 aromatic heterocycles. The van der Waals surface area contributed by atoms with Crippen LogP contribution >= 0.6 is 0 Å². The van der Waals surface area contributed by atoms with E-state index < -0.39 is 0 Å². The first kappa shape index (κ1) is 12.6. The number of nitrogens with zero attached hydrogens (tertiary/aromatic N) is 2. The van der Waals surface area contributed by atoms with Crippen molar-refractivity contribution in [3.05, 3.63) is 48.2 Å². The lowest BCUT2D eigenvalue weighted by atomic mass is 10.2. The minimum absolute atomic E-state index is 0.107. The van der Waals surface area contributed by atoms with Crippen molar-refractivity contribution in [2.75, 3.05) is 10.6 Å². The molecule has 2 rings (SSSR count). The largest absolute Gasteiger partial charge is 0.340 e. The van der Waals surface area contributed by atoms with Gasteiger partial charge in [0, 0.05) is 24.5 Å². The van der Waals surface area contributed by atoms with Crippen LogP contribution < -0.4 is 10.6 Å². The first-order valence-electron chi connectivity index (χ1n) is 5.68. The minimum Gasteiger partial charge on any atom is -0.340 e. The summed E-state index contributed by atoms with van der Waals surface area (Å²) in [4.78, 5) is 15.0. The van der Waals surface area contributed by atoms with Crippen molar-refractivity contribution in [2.24, 2.45) is 0 Å². The van der Waals surface area contributed by atoms with Gasteiger partial charge < -0.3 is 10.6 Å². The van der Waals surface area contributed by atoms with Crippen LogP contribution in [-0.4, -0.2) is 10.9 Å². The number of nitrogens with one attached hydrogen (secondary N) is 2. The molecule has 0 saturated carbocycles. The van der Waals surface area contributed by atoms with Crippen molar-refractivity contribution >= 4 is 23.1 Å². The Hall–Kier alpha value is -2.87. The van der Waals surface area contributed by atoms with Crippen LogP contribution in [0.3, 0.4) is 0 Å². The minimum atomic E-state index is -0.107. The highest BCUT2D eigenvalue weighted by atomic mass is 16.1. The Balaban J connectivity index is 2.11. The van der Waals surface area contributed by atoms with E-state index in [9.17, 15) is 4.79 Å². The molecule has 5 heteroatoms. The monoisotopic (exact) mass is 252 g/mol. The number of benzene rings is 1. The lowest BCUT2D eigenvalue weighted by molar-refractivity contribution is -0.114. The highest BCUT2D eigenvalue weighted by Crippen LogP contribution is 2.18. The maximum atomic E-state index is 10.9. The average Bonchev–Trinajstić information content (AvgIpc) is 2.41. The van der Waals surface area contributed by atoms with Gasteiger partial charge in [0.1, 0.15) is 5.82 Å². The number of carbonyl (C=O) groups is 1. The summed E-state index contributed by atoms with van der Waals surface area (Å²) in [6.07, 6.45) is 1.58. The maximum absolute atomic E-state index is 10.9. The van der Waals surface area contributed by atoms with Crippen molar-refractivity contribution < 1.29 is 4.79 Å². The molecule has 19 heavy (non-hydrogen) atoms. The molecular weight excluding hydrogens is 240 g/mol. The van der Waals surface area contributed by atoms with Gasteiger partial charge in [-0.3, -0.25) is 4.79 Å². The molecule has 0 aliphatic rings. The fraction of sp³-hybridized carbons (Fsp3) is 0.0714. The zero-order chi connectivity index (χ0) is 13.7. The zero-order valence-electron chi connectivity index (χ0n) is 10.3. The van der Waals surface area contributed by atoms with Crippen LogP contribution in [0, 0.1) is 11.3 Å². The molecule has 0 bridgehead atoms. The van der Waals surface area contributed by atoms with Crippen LogP contribution in [0.2, 0.25) is 0 Å². The maximum Gasteiger partial charge on any atom is 0.221 e. The van der Waals surface area contributed by atoms with Gasteiger partial charge in [-0.15, -0.1) is 0 Å². The summed E-state index contributed by atoms with van der Waals surface area (Å²) < 4.78 is 0. The Kier molecular flexibility index (Phi) is 3.74. The molecule has 2 aromatic rings. The van der Waals surface area contributed by atoms with Gasteiger partial charge in [0.2, 0.25) is 5.91 Å². The highest BCUT2D eigenvalue weighted by Gasteiger charge is 1.99. The van der Waals surface area contributed by atoms with E-state index in [2.05, 4.69) is 21.7 Å². The van der Waals surface area contributed by atoms with Crippen LogP contribution in [0.4, 0.5) is 17.2 Å². The van der Waals surface area contributed by atoms with Gasteiger partial charge in [0.05, 0.1) is 11.6 Å². The quantitative estimate of drug-likeness (QED) is 0.880. The number of amides is 1. The average molecular weight is 252 g/mol. The topological polar surface area (TPSA) is 77.8 Å². The molecule has 1 amide bonds. The molecule has 0 atom stereocenters. The summed E-state index contributed by atoms with van der Waals surface area (Å²) in [7, 11) is 0. The third-order valence-electron chi connectivity index (χ3n) is 2.37. The standard InChI is InChI=1S/C14H12N4O/c1-10(19)17-12-2-4-13(5-3-12)18-14-8-11(9-15)6-7-16-14/h2-8H,1H3,(H,16,18)(H,17,19). The van der Waals surface area contributed by atoms with Gasteiger partial charge >= 0.3 is 0 Å².